The first-order chi connectivity index (χ1) is 8.13. The summed E-state index contributed by atoms with van der Waals surface area (Å²) in [6.07, 6.45) is 3.21. The van der Waals surface area contributed by atoms with Crippen LogP contribution in [0.15, 0.2) is 12.4 Å². The van der Waals surface area contributed by atoms with Crippen LogP contribution in [-0.4, -0.2) is 27.3 Å². The number of halogens is 1. The van der Waals surface area contributed by atoms with Crippen molar-refractivity contribution in [3.05, 3.63) is 16.1 Å². The van der Waals surface area contributed by atoms with Gasteiger partial charge in [-0.15, -0.1) is 0 Å². The minimum Gasteiger partial charge on any atom is -0.465 e. The number of nitrogen functional groups attached to an aromatic ring is 1. The first-order valence-electron chi connectivity index (χ1n) is 5.04. The van der Waals surface area contributed by atoms with Gasteiger partial charge in [-0.25, -0.2) is 0 Å². The number of carbonyl (C=O) groups is 1. The molecule has 2 aromatic heterocycles. The van der Waals surface area contributed by atoms with Crippen molar-refractivity contribution in [2.75, 3.05) is 12.3 Å². The maximum absolute atomic E-state index is 11.4. The summed E-state index contributed by atoms with van der Waals surface area (Å²) >= 11 is 2.08. The molecule has 90 valence electrons. The molecule has 17 heavy (non-hydrogen) atoms. The fourth-order valence-corrected chi connectivity index (χ4v) is 2.39. The Labute approximate surface area is 111 Å². The third kappa shape index (κ3) is 2.33. The number of anilines is 1. The third-order valence-electron chi connectivity index (χ3n) is 2.23. The SMILES string of the molecule is CCOC(=O)Cn1nc(I)c2c(N)cncc21. The molecule has 0 aliphatic carbocycles. The minimum absolute atomic E-state index is 0.0679. The van der Waals surface area contributed by atoms with Gasteiger partial charge in [0.2, 0.25) is 0 Å². The predicted molar refractivity (Wildman–Crippen MR) is 71.3 cm³/mol. The molecule has 0 spiro atoms. The molecule has 0 fully saturated rings. The lowest BCUT2D eigenvalue weighted by Crippen LogP contribution is -2.14. The van der Waals surface area contributed by atoms with Crippen LogP contribution in [0.1, 0.15) is 6.92 Å². The summed E-state index contributed by atoms with van der Waals surface area (Å²) in [6.45, 7) is 2.19. The zero-order chi connectivity index (χ0) is 12.4. The van der Waals surface area contributed by atoms with Gasteiger partial charge >= 0.3 is 5.97 Å². The van der Waals surface area contributed by atoms with Gasteiger partial charge in [-0.2, -0.15) is 5.10 Å². The largest absolute Gasteiger partial charge is 0.465 e. The van der Waals surface area contributed by atoms with Crippen molar-refractivity contribution >= 4 is 45.2 Å². The Morgan fingerprint density at radius 1 is 1.59 bits per heavy atom. The van der Waals surface area contributed by atoms with Crippen molar-refractivity contribution in [3.63, 3.8) is 0 Å². The van der Waals surface area contributed by atoms with Crippen LogP contribution in [0.5, 0.6) is 0 Å². The Balaban J connectivity index is 2.42. The first kappa shape index (κ1) is 12.1. The molecule has 0 saturated heterocycles. The fraction of sp³-hybridized carbons (Fsp3) is 0.300. The Morgan fingerprint density at radius 2 is 2.35 bits per heavy atom. The number of ether oxygens (including phenoxy) is 1. The number of nitrogens with two attached hydrogens (primary N) is 1. The monoisotopic (exact) mass is 346 g/mol. The second-order valence-corrected chi connectivity index (χ2v) is 4.40. The number of fused-ring (bicyclic) bond motifs is 1. The zero-order valence-corrected chi connectivity index (χ0v) is 11.3. The van der Waals surface area contributed by atoms with Gasteiger partial charge in [0, 0.05) is 0 Å². The molecule has 0 aliphatic rings. The Kier molecular flexibility index (Phi) is 3.46. The second-order valence-electron chi connectivity index (χ2n) is 3.38. The molecule has 0 atom stereocenters. The molecule has 2 rings (SSSR count). The van der Waals surface area contributed by atoms with E-state index < -0.39 is 0 Å². The molecule has 2 N–H and O–H groups in total. The summed E-state index contributed by atoms with van der Waals surface area (Å²) in [6, 6.07) is 0. The molecule has 0 saturated carbocycles. The van der Waals surface area contributed by atoms with Crippen molar-refractivity contribution in [1.29, 1.82) is 0 Å². The van der Waals surface area contributed by atoms with E-state index in [1.807, 2.05) is 0 Å². The van der Waals surface area contributed by atoms with Crippen LogP contribution in [-0.2, 0) is 16.1 Å². The van der Waals surface area contributed by atoms with Crippen LogP contribution in [0.4, 0.5) is 5.69 Å². The maximum atomic E-state index is 11.4. The molecule has 0 aliphatic heterocycles. The van der Waals surface area contributed by atoms with Gasteiger partial charge in [-0.05, 0) is 29.5 Å². The van der Waals surface area contributed by atoms with E-state index in [1.54, 1.807) is 24.0 Å². The van der Waals surface area contributed by atoms with E-state index in [4.69, 9.17) is 10.5 Å². The molecule has 0 aromatic carbocycles. The van der Waals surface area contributed by atoms with Gasteiger partial charge in [-0.3, -0.25) is 14.5 Å². The molecule has 0 amide bonds. The van der Waals surface area contributed by atoms with Gasteiger partial charge in [-0.1, -0.05) is 0 Å². The fourth-order valence-electron chi connectivity index (χ4n) is 1.54. The topological polar surface area (TPSA) is 83.0 Å². The summed E-state index contributed by atoms with van der Waals surface area (Å²) in [4.78, 5) is 15.4. The van der Waals surface area contributed by atoms with Crippen molar-refractivity contribution < 1.29 is 9.53 Å². The number of pyridine rings is 1. The lowest BCUT2D eigenvalue weighted by Gasteiger charge is -2.03. The summed E-state index contributed by atoms with van der Waals surface area (Å²) in [7, 11) is 0. The smallest absolute Gasteiger partial charge is 0.327 e. The summed E-state index contributed by atoms with van der Waals surface area (Å²) in [5, 5.41) is 5.08. The molecular formula is C10H11IN4O2. The van der Waals surface area contributed by atoms with Gasteiger partial charge in [0.1, 0.15) is 10.2 Å². The summed E-state index contributed by atoms with van der Waals surface area (Å²) < 4.78 is 7.19. The van der Waals surface area contributed by atoms with Gasteiger partial charge < -0.3 is 10.5 Å². The number of rotatable bonds is 3. The van der Waals surface area contributed by atoms with Crippen LogP contribution >= 0.6 is 22.6 Å². The molecule has 2 aromatic rings. The van der Waals surface area contributed by atoms with Crippen molar-refractivity contribution in [2.24, 2.45) is 0 Å². The molecule has 0 unspecified atom stereocenters. The van der Waals surface area contributed by atoms with E-state index >= 15 is 0 Å². The normalized spacial score (nSPS) is 10.7. The molecular weight excluding hydrogens is 335 g/mol. The van der Waals surface area contributed by atoms with Crippen LogP contribution in [0, 0.1) is 3.70 Å². The minimum atomic E-state index is -0.323. The summed E-state index contributed by atoms with van der Waals surface area (Å²) in [5.41, 5.74) is 7.12. The van der Waals surface area contributed by atoms with Crippen LogP contribution in [0.2, 0.25) is 0 Å². The van der Waals surface area contributed by atoms with E-state index in [1.165, 1.54) is 0 Å². The van der Waals surface area contributed by atoms with Crippen LogP contribution in [0.25, 0.3) is 10.9 Å². The average Bonchev–Trinajstić information content (AvgIpc) is 2.57. The zero-order valence-electron chi connectivity index (χ0n) is 9.18. The maximum Gasteiger partial charge on any atom is 0.327 e. The second kappa shape index (κ2) is 4.86. The van der Waals surface area contributed by atoms with Crippen LogP contribution < -0.4 is 5.73 Å². The van der Waals surface area contributed by atoms with Gasteiger partial charge in [0.15, 0.2) is 0 Å². The van der Waals surface area contributed by atoms with E-state index in [0.29, 0.717) is 12.3 Å². The molecule has 0 bridgehead atoms. The predicted octanol–water partition coefficient (Wildman–Crippen LogP) is 1.18. The first-order valence-corrected chi connectivity index (χ1v) is 6.12. The lowest BCUT2D eigenvalue weighted by atomic mass is 10.3. The number of esters is 1. The Hall–Kier alpha value is -1.38. The highest BCUT2D eigenvalue weighted by Gasteiger charge is 2.14. The van der Waals surface area contributed by atoms with E-state index in [0.717, 1.165) is 14.6 Å². The van der Waals surface area contributed by atoms with E-state index in [-0.39, 0.29) is 12.5 Å². The lowest BCUT2D eigenvalue weighted by molar-refractivity contribution is -0.143. The number of nitrogens with zero attached hydrogens (tertiary/aromatic N) is 3. The van der Waals surface area contributed by atoms with Crippen molar-refractivity contribution in [1.82, 2.24) is 14.8 Å². The van der Waals surface area contributed by atoms with Crippen molar-refractivity contribution in [3.8, 4) is 0 Å². The van der Waals surface area contributed by atoms with Gasteiger partial charge in [0.05, 0.1) is 35.6 Å². The highest BCUT2D eigenvalue weighted by Crippen LogP contribution is 2.24. The standard InChI is InChI=1S/C10H11IN4O2/c1-2-17-8(16)5-15-7-4-13-3-6(12)9(7)10(11)14-15/h3-4H,2,5,12H2,1H3. The van der Waals surface area contributed by atoms with Crippen LogP contribution in [0.3, 0.4) is 0 Å². The Morgan fingerprint density at radius 3 is 3.06 bits per heavy atom. The van der Waals surface area contributed by atoms with E-state index in [9.17, 15) is 4.79 Å². The van der Waals surface area contributed by atoms with E-state index in [2.05, 4.69) is 32.7 Å². The molecule has 6 nitrogen and oxygen atoms in total. The molecule has 7 heteroatoms. The number of hydrogen-bond donors (Lipinski definition) is 1. The average molecular weight is 346 g/mol. The number of carbonyl (C=O) groups excluding carboxylic acids is 1. The Bertz CT molecular complexity index is 567. The molecule has 2 heterocycles. The quantitative estimate of drug-likeness (QED) is 0.667. The number of aromatic nitrogens is 3. The third-order valence-corrected chi connectivity index (χ3v) is 2.99. The highest BCUT2D eigenvalue weighted by atomic mass is 127. The van der Waals surface area contributed by atoms with Gasteiger partial charge in [0.25, 0.3) is 0 Å². The highest BCUT2D eigenvalue weighted by molar-refractivity contribution is 14.1. The summed E-state index contributed by atoms with van der Waals surface area (Å²) in [5.74, 6) is -0.323. The van der Waals surface area contributed by atoms with Crippen molar-refractivity contribution in [2.45, 2.75) is 13.5 Å². The number of hydrogen-bond acceptors (Lipinski definition) is 5. The molecule has 0 radical (unpaired) electrons.